The molecule has 0 spiro atoms. The Bertz CT molecular complexity index is 852. The molecule has 0 unspecified atom stereocenters. The molecule has 0 radical (unpaired) electrons. The van der Waals surface area contributed by atoms with E-state index in [-0.39, 0.29) is 17.5 Å². The second-order valence-electron chi connectivity index (χ2n) is 5.27. The summed E-state index contributed by atoms with van der Waals surface area (Å²) in [7, 11) is 0. The molecule has 2 aromatic heterocycles. The molecule has 1 N–H and O–H groups in total. The van der Waals surface area contributed by atoms with Gasteiger partial charge in [-0.25, -0.2) is 9.37 Å². The third-order valence-electron chi connectivity index (χ3n) is 3.17. The van der Waals surface area contributed by atoms with Crippen molar-refractivity contribution in [1.29, 1.82) is 0 Å². The van der Waals surface area contributed by atoms with E-state index in [0.717, 1.165) is 5.69 Å². The zero-order valence-electron chi connectivity index (χ0n) is 12.4. The minimum absolute atomic E-state index is 0.0715. The van der Waals surface area contributed by atoms with Gasteiger partial charge in [-0.3, -0.25) is 14.8 Å². The highest BCUT2D eigenvalue weighted by Gasteiger charge is 2.18. The summed E-state index contributed by atoms with van der Waals surface area (Å²) in [6, 6.07) is 6.54. The van der Waals surface area contributed by atoms with Gasteiger partial charge in [0.05, 0.1) is 10.4 Å². The molecule has 3 aromatic rings. The van der Waals surface area contributed by atoms with Crippen molar-refractivity contribution in [1.82, 2.24) is 14.8 Å². The van der Waals surface area contributed by atoms with E-state index in [2.05, 4.69) is 15.4 Å². The molecule has 5 nitrogen and oxygen atoms in total. The van der Waals surface area contributed by atoms with Crippen molar-refractivity contribution in [3.8, 4) is 0 Å². The van der Waals surface area contributed by atoms with Crippen molar-refractivity contribution in [2.45, 2.75) is 26.8 Å². The van der Waals surface area contributed by atoms with E-state index in [1.165, 1.54) is 17.4 Å². The fourth-order valence-electron chi connectivity index (χ4n) is 2.21. The van der Waals surface area contributed by atoms with Crippen LogP contribution in [0.15, 0.2) is 24.3 Å². The Kier molecular flexibility index (Phi) is 3.66. The van der Waals surface area contributed by atoms with Crippen LogP contribution in [-0.2, 0) is 0 Å². The molecule has 22 heavy (non-hydrogen) atoms. The zero-order chi connectivity index (χ0) is 15.9. The van der Waals surface area contributed by atoms with Gasteiger partial charge < -0.3 is 0 Å². The smallest absolute Gasteiger partial charge is 0.275 e. The first-order chi connectivity index (χ1) is 10.5. The van der Waals surface area contributed by atoms with Gasteiger partial charge in [0, 0.05) is 6.04 Å². The third-order valence-corrected chi connectivity index (χ3v) is 4.11. The lowest BCUT2D eigenvalue weighted by Crippen LogP contribution is -2.18. The molecule has 3 rings (SSSR count). The lowest BCUT2D eigenvalue weighted by atomic mass is 10.3. The number of aryl methyl sites for hydroxylation is 1. The number of aromatic nitrogens is 3. The Morgan fingerprint density at radius 2 is 2.18 bits per heavy atom. The van der Waals surface area contributed by atoms with Crippen LogP contribution >= 0.6 is 11.3 Å². The summed E-state index contributed by atoms with van der Waals surface area (Å²) in [5.41, 5.74) is 1.51. The van der Waals surface area contributed by atoms with E-state index in [4.69, 9.17) is 0 Å². The summed E-state index contributed by atoms with van der Waals surface area (Å²) in [6.45, 7) is 5.75. The molecule has 0 aliphatic heterocycles. The maximum absolute atomic E-state index is 13.7. The molecule has 114 valence electrons. The summed E-state index contributed by atoms with van der Waals surface area (Å²) >= 11 is 1.24. The molecule has 0 saturated carbocycles. The number of anilines is 1. The normalized spacial score (nSPS) is 11.3. The maximum atomic E-state index is 13.7. The van der Waals surface area contributed by atoms with Crippen LogP contribution in [0.25, 0.3) is 10.2 Å². The van der Waals surface area contributed by atoms with E-state index >= 15 is 0 Å². The number of hydrogen-bond donors (Lipinski definition) is 1. The van der Waals surface area contributed by atoms with Crippen molar-refractivity contribution < 1.29 is 9.18 Å². The standard InChI is InChI=1S/C15H15FN4OS/c1-8(2)20-11(7-9(3)19-20)14(21)18-15-17-13-10(16)5-4-6-12(13)22-15/h4-8H,1-3H3,(H,17,18,21). The molecule has 1 aromatic carbocycles. The summed E-state index contributed by atoms with van der Waals surface area (Å²) in [5, 5.41) is 7.41. The summed E-state index contributed by atoms with van der Waals surface area (Å²) in [4.78, 5) is 16.6. The topological polar surface area (TPSA) is 59.8 Å². The number of thiazole rings is 1. The first-order valence-electron chi connectivity index (χ1n) is 6.88. The fraction of sp³-hybridized carbons (Fsp3) is 0.267. The summed E-state index contributed by atoms with van der Waals surface area (Å²) in [6.07, 6.45) is 0. The first kappa shape index (κ1) is 14.6. The predicted octanol–water partition coefficient (Wildman–Crippen LogP) is 3.77. The van der Waals surface area contributed by atoms with Crippen LogP contribution in [0.2, 0.25) is 0 Å². The molecule has 0 atom stereocenters. The van der Waals surface area contributed by atoms with Gasteiger partial charge in [-0.15, -0.1) is 0 Å². The largest absolute Gasteiger partial charge is 0.296 e. The average Bonchev–Trinajstić information content (AvgIpc) is 3.03. The lowest BCUT2D eigenvalue weighted by Gasteiger charge is -2.09. The van der Waals surface area contributed by atoms with Gasteiger partial charge >= 0.3 is 0 Å². The number of nitrogens with zero attached hydrogens (tertiary/aromatic N) is 3. The highest BCUT2D eigenvalue weighted by Crippen LogP contribution is 2.28. The number of nitrogens with one attached hydrogen (secondary N) is 1. The van der Waals surface area contributed by atoms with Crippen LogP contribution < -0.4 is 5.32 Å². The van der Waals surface area contributed by atoms with E-state index in [9.17, 15) is 9.18 Å². The van der Waals surface area contributed by atoms with E-state index in [0.29, 0.717) is 15.5 Å². The number of halogens is 1. The van der Waals surface area contributed by atoms with E-state index in [1.54, 1.807) is 22.9 Å². The number of amides is 1. The third kappa shape index (κ3) is 2.59. The molecule has 1 amide bonds. The minimum Gasteiger partial charge on any atom is -0.296 e. The maximum Gasteiger partial charge on any atom is 0.275 e. The van der Waals surface area contributed by atoms with Crippen molar-refractivity contribution in [3.05, 3.63) is 41.5 Å². The second kappa shape index (κ2) is 5.49. The molecular formula is C15H15FN4OS. The highest BCUT2D eigenvalue weighted by atomic mass is 32.1. The van der Waals surface area contributed by atoms with Gasteiger partial charge in [-0.2, -0.15) is 5.10 Å². The molecular weight excluding hydrogens is 303 g/mol. The van der Waals surface area contributed by atoms with E-state index < -0.39 is 5.82 Å². The number of carbonyl (C=O) groups is 1. The van der Waals surface area contributed by atoms with Crippen LogP contribution in [0.4, 0.5) is 9.52 Å². The van der Waals surface area contributed by atoms with Gasteiger partial charge in [0.25, 0.3) is 5.91 Å². The van der Waals surface area contributed by atoms with Gasteiger partial charge in [-0.05, 0) is 39.0 Å². The van der Waals surface area contributed by atoms with Crippen molar-refractivity contribution >= 4 is 32.6 Å². The SMILES string of the molecule is Cc1cc(C(=O)Nc2nc3c(F)cccc3s2)n(C(C)C)n1. The van der Waals surface area contributed by atoms with Crippen molar-refractivity contribution in [2.75, 3.05) is 5.32 Å². The van der Waals surface area contributed by atoms with Crippen molar-refractivity contribution in [2.24, 2.45) is 0 Å². The minimum atomic E-state index is -0.391. The molecule has 0 aliphatic carbocycles. The molecule has 0 bridgehead atoms. The van der Waals surface area contributed by atoms with Crippen LogP contribution in [-0.4, -0.2) is 20.7 Å². The Hall–Kier alpha value is -2.28. The molecule has 0 aliphatic rings. The number of carbonyl (C=O) groups excluding carboxylic acids is 1. The second-order valence-corrected chi connectivity index (χ2v) is 6.30. The van der Waals surface area contributed by atoms with E-state index in [1.807, 2.05) is 20.8 Å². The van der Waals surface area contributed by atoms with Crippen LogP contribution in [0, 0.1) is 12.7 Å². The molecule has 7 heteroatoms. The predicted molar refractivity (Wildman–Crippen MR) is 84.9 cm³/mol. The van der Waals surface area contributed by atoms with Gasteiger partial charge in [0.2, 0.25) is 0 Å². The lowest BCUT2D eigenvalue weighted by molar-refractivity contribution is 0.101. The number of fused-ring (bicyclic) bond motifs is 1. The van der Waals surface area contributed by atoms with Gasteiger partial charge in [-0.1, -0.05) is 17.4 Å². The number of para-hydroxylation sites is 1. The first-order valence-corrected chi connectivity index (χ1v) is 7.70. The average molecular weight is 318 g/mol. The molecule has 2 heterocycles. The van der Waals surface area contributed by atoms with Gasteiger partial charge in [0.1, 0.15) is 17.0 Å². The number of rotatable bonds is 3. The van der Waals surface area contributed by atoms with Crippen LogP contribution in [0.1, 0.15) is 36.1 Å². The van der Waals surface area contributed by atoms with Crippen LogP contribution in [0.3, 0.4) is 0 Å². The Morgan fingerprint density at radius 3 is 2.86 bits per heavy atom. The highest BCUT2D eigenvalue weighted by molar-refractivity contribution is 7.22. The molecule has 0 fully saturated rings. The number of hydrogen-bond acceptors (Lipinski definition) is 4. The van der Waals surface area contributed by atoms with Crippen molar-refractivity contribution in [3.63, 3.8) is 0 Å². The monoisotopic (exact) mass is 318 g/mol. The Labute approximate surface area is 130 Å². The summed E-state index contributed by atoms with van der Waals surface area (Å²) < 4.78 is 16.0. The van der Waals surface area contributed by atoms with Crippen LogP contribution in [0.5, 0.6) is 0 Å². The summed E-state index contributed by atoms with van der Waals surface area (Å²) in [5.74, 6) is -0.689. The zero-order valence-corrected chi connectivity index (χ0v) is 13.2. The number of benzene rings is 1. The van der Waals surface area contributed by atoms with Gasteiger partial charge in [0.15, 0.2) is 5.13 Å². The fourth-order valence-corrected chi connectivity index (χ4v) is 3.08. The molecule has 0 saturated heterocycles. The Morgan fingerprint density at radius 1 is 1.41 bits per heavy atom. The Balaban J connectivity index is 1.91. The quantitative estimate of drug-likeness (QED) is 0.799.